The molecule has 2 atom stereocenters. The van der Waals surface area contributed by atoms with Crippen molar-refractivity contribution in [2.75, 3.05) is 6.61 Å². The molecule has 4 rings (SSSR count). The Bertz CT molecular complexity index is 965. The van der Waals surface area contributed by atoms with E-state index in [9.17, 15) is 4.79 Å². The zero-order chi connectivity index (χ0) is 17.9. The maximum atomic E-state index is 11.4. The highest BCUT2D eigenvalue weighted by Crippen LogP contribution is 2.34. The third kappa shape index (κ3) is 4.11. The standard InChI is InChI=1S/C21H20O4S/c1-14-9-21(24-12-14)26-18-4-2-3-17(11-18)23-13-15-5-6-16-7-8-20(22)25-19(16)10-15/h2-8,10-11,14,21H,9,12-13H2,1H3/t14-,21?/m1/s1. The van der Waals surface area contributed by atoms with E-state index in [-0.39, 0.29) is 11.1 Å². The summed E-state index contributed by atoms with van der Waals surface area (Å²) < 4.78 is 16.9. The van der Waals surface area contributed by atoms with Crippen LogP contribution in [0.3, 0.4) is 0 Å². The van der Waals surface area contributed by atoms with Gasteiger partial charge in [0.2, 0.25) is 0 Å². The second kappa shape index (κ2) is 7.56. The number of fused-ring (bicyclic) bond motifs is 1. The van der Waals surface area contributed by atoms with Crippen LogP contribution >= 0.6 is 11.8 Å². The van der Waals surface area contributed by atoms with Crippen molar-refractivity contribution in [1.82, 2.24) is 0 Å². The van der Waals surface area contributed by atoms with Crippen LogP contribution in [0, 0.1) is 5.92 Å². The number of thioether (sulfide) groups is 1. The van der Waals surface area contributed by atoms with Gasteiger partial charge in [0.15, 0.2) is 0 Å². The molecule has 0 spiro atoms. The molecule has 1 aliphatic rings. The lowest BCUT2D eigenvalue weighted by molar-refractivity contribution is 0.166. The molecule has 1 aromatic heterocycles. The third-order valence-corrected chi connectivity index (χ3v) is 5.45. The van der Waals surface area contributed by atoms with Crippen LogP contribution in [0.5, 0.6) is 5.75 Å². The maximum Gasteiger partial charge on any atom is 0.336 e. The summed E-state index contributed by atoms with van der Waals surface area (Å²) in [6.07, 6.45) is 1.08. The molecule has 0 bridgehead atoms. The lowest BCUT2D eigenvalue weighted by Gasteiger charge is -2.11. The Labute approximate surface area is 156 Å². The number of rotatable bonds is 5. The van der Waals surface area contributed by atoms with E-state index in [4.69, 9.17) is 13.9 Å². The molecule has 4 nitrogen and oxygen atoms in total. The van der Waals surface area contributed by atoms with Crippen molar-refractivity contribution in [3.63, 3.8) is 0 Å². The molecule has 2 heterocycles. The van der Waals surface area contributed by atoms with Gasteiger partial charge < -0.3 is 13.9 Å². The SMILES string of the molecule is C[C@H]1COC(Sc2cccc(OCc3ccc4ccc(=O)oc4c3)c2)C1. The van der Waals surface area contributed by atoms with Crippen molar-refractivity contribution >= 4 is 22.7 Å². The highest BCUT2D eigenvalue weighted by Gasteiger charge is 2.22. The first kappa shape index (κ1) is 17.2. The number of ether oxygens (including phenoxy) is 2. The molecule has 5 heteroatoms. The van der Waals surface area contributed by atoms with Crippen molar-refractivity contribution < 1.29 is 13.9 Å². The number of hydrogen-bond donors (Lipinski definition) is 0. The van der Waals surface area contributed by atoms with E-state index in [0.717, 1.165) is 34.6 Å². The van der Waals surface area contributed by atoms with Crippen LogP contribution in [0.2, 0.25) is 0 Å². The minimum Gasteiger partial charge on any atom is -0.489 e. The minimum absolute atomic E-state index is 0.226. The Morgan fingerprint density at radius 2 is 2.04 bits per heavy atom. The molecule has 1 aliphatic heterocycles. The van der Waals surface area contributed by atoms with Crippen LogP contribution in [-0.2, 0) is 11.3 Å². The average molecular weight is 368 g/mol. The lowest BCUT2D eigenvalue weighted by Crippen LogP contribution is -1.99. The van der Waals surface area contributed by atoms with Gasteiger partial charge in [-0.25, -0.2) is 4.79 Å². The summed E-state index contributed by atoms with van der Waals surface area (Å²) in [7, 11) is 0. The van der Waals surface area contributed by atoms with Gasteiger partial charge in [0.05, 0.1) is 6.61 Å². The third-order valence-electron chi connectivity index (χ3n) is 4.33. The predicted molar refractivity (Wildman–Crippen MR) is 103 cm³/mol. The summed E-state index contributed by atoms with van der Waals surface area (Å²) >= 11 is 1.74. The molecule has 2 aromatic carbocycles. The van der Waals surface area contributed by atoms with Crippen LogP contribution in [0.1, 0.15) is 18.9 Å². The van der Waals surface area contributed by atoms with Crippen molar-refractivity contribution in [3.05, 3.63) is 70.6 Å². The van der Waals surface area contributed by atoms with Gasteiger partial charge in [0.1, 0.15) is 23.4 Å². The van der Waals surface area contributed by atoms with Crippen LogP contribution in [0.4, 0.5) is 0 Å². The van der Waals surface area contributed by atoms with Crippen LogP contribution in [-0.4, -0.2) is 12.0 Å². The van der Waals surface area contributed by atoms with E-state index >= 15 is 0 Å². The van der Waals surface area contributed by atoms with E-state index < -0.39 is 0 Å². The molecule has 0 N–H and O–H groups in total. The smallest absolute Gasteiger partial charge is 0.336 e. The van der Waals surface area contributed by atoms with Gasteiger partial charge in [-0.3, -0.25) is 0 Å². The molecule has 26 heavy (non-hydrogen) atoms. The Kier molecular flexibility index (Phi) is 5.00. The van der Waals surface area contributed by atoms with Gasteiger partial charge in [-0.2, -0.15) is 0 Å². The van der Waals surface area contributed by atoms with Crippen LogP contribution in [0.25, 0.3) is 11.0 Å². The van der Waals surface area contributed by atoms with E-state index in [2.05, 4.69) is 13.0 Å². The molecule has 1 saturated heterocycles. The number of hydrogen-bond acceptors (Lipinski definition) is 5. The number of benzene rings is 2. The first-order valence-corrected chi connectivity index (χ1v) is 9.57. The monoisotopic (exact) mass is 368 g/mol. The summed E-state index contributed by atoms with van der Waals surface area (Å²) in [5.74, 6) is 1.44. The molecule has 1 fully saturated rings. The first-order chi connectivity index (χ1) is 12.7. The Hall–Kier alpha value is -2.24. The van der Waals surface area contributed by atoms with Crippen LogP contribution < -0.4 is 10.4 Å². The van der Waals surface area contributed by atoms with E-state index in [1.807, 2.05) is 36.4 Å². The highest BCUT2D eigenvalue weighted by atomic mass is 32.2. The molecule has 0 radical (unpaired) electrons. The fraction of sp³-hybridized carbons (Fsp3) is 0.286. The van der Waals surface area contributed by atoms with Gasteiger partial charge in [0, 0.05) is 16.3 Å². The van der Waals surface area contributed by atoms with Gasteiger partial charge in [0.25, 0.3) is 0 Å². The normalized spacial score (nSPS) is 19.7. The maximum absolute atomic E-state index is 11.4. The predicted octanol–water partition coefficient (Wildman–Crippen LogP) is 4.85. The van der Waals surface area contributed by atoms with E-state index in [0.29, 0.717) is 18.1 Å². The second-order valence-electron chi connectivity index (χ2n) is 6.61. The molecule has 0 aliphatic carbocycles. The zero-order valence-corrected chi connectivity index (χ0v) is 15.3. The van der Waals surface area contributed by atoms with Gasteiger partial charge >= 0.3 is 5.63 Å². The van der Waals surface area contributed by atoms with Crippen molar-refractivity contribution in [2.45, 2.75) is 30.3 Å². The summed E-state index contributed by atoms with van der Waals surface area (Å²) in [6.45, 7) is 3.47. The second-order valence-corrected chi connectivity index (χ2v) is 7.84. The average Bonchev–Trinajstić information content (AvgIpc) is 3.04. The molecular weight excluding hydrogens is 348 g/mol. The molecular formula is C21H20O4S. The highest BCUT2D eigenvalue weighted by molar-refractivity contribution is 7.99. The molecule has 0 saturated carbocycles. The van der Waals surface area contributed by atoms with Gasteiger partial charge in [-0.05, 0) is 48.2 Å². The summed E-state index contributed by atoms with van der Waals surface area (Å²) in [6, 6.07) is 17.0. The van der Waals surface area contributed by atoms with Crippen molar-refractivity contribution in [2.24, 2.45) is 5.92 Å². The fourth-order valence-electron chi connectivity index (χ4n) is 2.97. The zero-order valence-electron chi connectivity index (χ0n) is 14.5. The fourth-order valence-corrected chi connectivity index (χ4v) is 4.19. The molecule has 3 aromatic rings. The van der Waals surface area contributed by atoms with Gasteiger partial charge in [-0.1, -0.05) is 36.9 Å². The van der Waals surface area contributed by atoms with E-state index in [1.54, 1.807) is 17.8 Å². The first-order valence-electron chi connectivity index (χ1n) is 8.70. The topological polar surface area (TPSA) is 48.7 Å². The summed E-state index contributed by atoms with van der Waals surface area (Å²) in [5, 5.41) is 0.900. The summed E-state index contributed by atoms with van der Waals surface area (Å²) in [5.41, 5.74) is 1.42. The minimum atomic E-state index is -0.344. The Balaban J connectivity index is 1.43. The largest absolute Gasteiger partial charge is 0.489 e. The Morgan fingerprint density at radius 1 is 1.15 bits per heavy atom. The molecule has 0 amide bonds. The van der Waals surface area contributed by atoms with Crippen molar-refractivity contribution in [3.8, 4) is 5.75 Å². The Morgan fingerprint density at radius 3 is 2.88 bits per heavy atom. The van der Waals surface area contributed by atoms with Crippen LogP contribution in [0.15, 0.2) is 68.7 Å². The lowest BCUT2D eigenvalue weighted by atomic mass is 10.1. The van der Waals surface area contributed by atoms with E-state index in [1.165, 1.54) is 6.07 Å². The molecule has 1 unspecified atom stereocenters. The molecule has 134 valence electrons. The quantitative estimate of drug-likeness (QED) is 0.603. The van der Waals surface area contributed by atoms with Gasteiger partial charge in [-0.15, -0.1) is 0 Å². The summed E-state index contributed by atoms with van der Waals surface area (Å²) in [4.78, 5) is 12.5. The van der Waals surface area contributed by atoms with Crippen molar-refractivity contribution in [1.29, 1.82) is 0 Å².